The van der Waals surface area contributed by atoms with Crippen LogP contribution in [0.2, 0.25) is 0 Å². The molecule has 0 saturated heterocycles. The SMILES string of the molecule is CCOC(=O)c1c(C(=O)OC)c(C(=O)OC)cn1-c1ccccc1NCc1ccccc1. The highest BCUT2D eigenvalue weighted by Crippen LogP contribution is 2.29. The molecule has 3 aromatic rings. The fourth-order valence-corrected chi connectivity index (χ4v) is 3.30. The molecule has 0 amide bonds. The minimum atomic E-state index is -0.845. The lowest BCUT2D eigenvalue weighted by Gasteiger charge is -2.15. The number of ether oxygens (including phenoxy) is 3. The first-order chi connectivity index (χ1) is 15.5. The number of hydrogen-bond acceptors (Lipinski definition) is 7. The number of para-hydroxylation sites is 2. The average Bonchev–Trinajstić information content (AvgIpc) is 3.23. The van der Waals surface area contributed by atoms with Crippen molar-refractivity contribution >= 4 is 23.6 Å². The van der Waals surface area contributed by atoms with Gasteiger partial charge >= 0.3 is 17.9 Å². The van der Waals surface area contributed by atoms with Crippen LogP contribution in [0, 0.1) is 0 Å². The van der Waals surface area contributed by atoms with Gasteiger partial charge in [-0.15, -0.1) is 0 Å². The monoisotopic (exact) mass is 436 g/mol. The summed E-state index contributed by atoms with van der Waals surface area (Å²) in [5.74, 6) is -2.38. The third-order valence-corrected chi connectivity index (χ3v) is 4.76. The molecular formula is C24H24N2O6. The predicted octanol–water partition coefficient (Wildman–Crippen LogP) is 3.84. The maximum absolute atomic E-state index is 12.9. The third kappa shape index (κ3) is 4.64. The number of aromatic nitrogens is 1. The van der Waals surface area contributed by atoms with Crippen LogP contribution in [0.4, 0.5) is 5.69 Å². The van der Waals surface area contributed by atoms with Gasteiger partial charge in [0.1, 0.15) is 11.3 Å². The Balaban J connectivity index is 2.16. The van der Waals surface area contributed by atoms with Gasteiger partial charge in [-0.1, -0.05) is 42.5 Å². The van der Waals surface area contributed by atoms with Crippen LogP contribution < -0.4 is 5.32 Å². The van der Waals surface area contributed by atoms with Gasteiger partial charge in [0, 0.05) is 12.7 Å². The molecule has 0 atom stereocenters. The summed E-state index contributed by atoms with van der Waals surface area (Å²) in [6, 6.07) is 17.0. The van der Waals surface area contributed by atoms with Gasteiger partial charge in [0.05, 0.1) is 37.8 Å². The highest BCUT2D eigenvalue weighted by Gasteiger charge is 2.33. The molecule has 1 heterocycles. The Bertz CT molecular complexity index is 1120. The summed E-state index contributed by atoms with van der Waals surface area (Å²) in [6.45, 7) is 2.27. The number of hydrogen-bond donors (Lipinski definition) is 1. The van der Waals surface area contributed by atoms with Crippen molar-refractivity contribution < 1.29 is 28.6 Å². The first-order valence-corrected chi connectivity index (χ1v) is 9.98. The Kier molecular flexibility index (Phi) is 7.28. The van der Waals surface area contributed by atoms with E-state index in [9.17, 15) is 14.4 Å². The normalized spacial score (nSPS) is 10.3. The van der Waals surface area contributed by atoms with Crippen molar-refractivity contribution in [1.82, 2.24) is 4.57 Å². The number of rotatable bonds is 8. The van der Waals surface area contributed by atoms with Crippen LogP contribution in [0.5, 0.6) is 0 Å². The zero-order valence-corrected chi connectivity index (χ0v) is 18.1. The zero-order chi connectivity index (χ0) is 23.1. The Morgan fingerprint density at radius 2 is 1.53 bits per heavy atom. The number of esters is 3. The highest BCUT2D eigenvalue weighted by molar-refractivity contribution is 6.10. The molecular weight excluding hydrogens is 412 g/mol. The van der Waals surface area contributed by atoms with Crippen LogP contribution in [0.25, 0.3) is 5.69 Å². The molecule has 2 aromatic carbocycles. The van der Waals surface area contributed by atoms with Crippen LogP contribution >= 0.6 is 0 Å². The van der Waals surface area contributed by atoms with Gasteiger partial charge in [0.15, 0.2) is 0 Å². The van der Waals surface area contributed by atoms with Crippen molar-refractivity contribution in [2.45, 2.75) is 13.5 Å². The molecule has 1 N–H and O–H groups in total. The van der Waals surface area contributed by atoms with Gasteiger partial charge in [-0.25, -0.2) is 14.4 Å². The van der Waals surface area contributed by atoms with E-state index < -0.39 is 17.9 Å². The summed E-state index contributed by atoms with van der Waals surface area (Å²) in [5, 5.41) is 3.34. The molecule has 8 nitrogen and oxygen atoms in total. The molecule has 0 spiro atoms. The summed E-state index contributed by atoms with van der Waals surface area (Å²) < 4.78 is 16.3. The number of benzene rings is 2. The average molecular weight is 436 g/mol. The topological polar surface area (TPSA) is 95.9 Å². The number of nitrogens with one attached hydrogen (secondary N) is 1. The molecule has 1 aromatic heterocycles. The number of carbonyl (C=O) groups excluding carboxylic acids is 3. The fourth-order valence-electron chi connectivity index (χ4n) is 3.30. The highest BCUT2D eigenvalue weighted by atomic mass is 16.5. The van der Waals surface area contributed by atoms with E-state index in [1.807, 2.05) is 42.5 Å². The Labute approximate surface area is 185 Å². The van der Waals surface area contributed by atoms with Crippen LogP contribution in [0.15, 0.2) is 60.8 Å². The van der Waals surface area contributed by atoms with Crippen molar-refractivity contribution in [1.29, 1.82) is 0 Å². The Morgan fingerprint density at radius 3 is 2.19 bits per heavy atom. The molecule has 0 unspecified atom stereocenters. The predicted molar refractivity (Wildman–Crippen MR) is 118 cm³/mol. The number of methoxy groups -OCH3 is 2. The van der Waals surface area contributed by atoms with Gasteiger partial charge in [-0.2, -0.15) is 0 Å². The van der Waals surface area contributed by atoms with Gasteiger partial charge in [-0.3, -0.25) is 0 Å². The summed E-state index contributed by atoms with van der Waals surface area (Å²) >= 11 is 0. The second kappa shape index (κ2) is 10.3. The first-order valence-electron chi connectivity index (χ1n) is 9.98. The second-order valence-electron chi connectivity index (χ2n) is 6.70. The van der Waals surface area contributed by atoms with Crippen molar-refractivity contribution in [3.05, 3.63) is 83.2 Å². The van der Waals surface area contributed by atoms with E-state index in [4.69, 9.17) is 14.2 Å². The van der Waals surface area contributed by atoms with Crippen molar-refractivity contribution in [3.63, 3.8) is 0 Å². The second-order valence-corrected chi connectivity index (χ2v) is 6.70. The summed E-state index contributed by atoms with van der Waals surface area (Å²) in [4.78, 5) is 37.8. The molecule has 8 heteroatoms. The largest absolute Gasteiger partial charge is 0.465 e. The molecule has 0 saturated carbocycles. The lowest BCUT2D eigenvalue weighted by Crippen LogP contribution is -2.18. The van der Waals surface area contributed by atoms with Gasteiger partial charge < -0.3 is 24.1 Å². The van der Waals surface area contributed by atoms with Crippen molar-refractivity contribution in [2.75, 3.05) is 26.1 Å². The maximum Gasteiger partial charge on any atom is 0.356 e. The molecule has 3 rings (SSSR count). The quantitative estimate of drug-likeness (QED) is 0.423. The molecule has 0 radical (unpaired) electrons. The Morgan fingerprint density at radius 1 is 0.875 bits per heavy atom. The van der Waals surface area contributed by atoms with Gasteiger partial charge in [0.2, 0.25) is 0 Å². The molecule has 166 valence electrons. The Hall–Kier alpha value is -4.07. The van der Waals surface area contributed by atoms with E-state index in [0.29, 0.717) is 17.9 Å². The first kappa shape index (κ1) is 22.6. The van der Waals surface area contributed by atoms with Crippen LogP contribution in [0.1, 0.15) is 43.7 Å². The lowest BCUT2D eigenvalue weighted by molar-refractivity contribution is 0.0493. The maximum atomic E-state index is 12.9. The molecule has 0 bridgehead atoms. The van der Waals surface area contributed by atoms with E-state index in [2.05, 4.69) is 5.32 Å². The molecule has 32 heavy (non-hydrogen) atoms. The molecule has 0 aliphatic heterocycles. The number of carbonyl (C=O) groups is 3. The minimum absolute atomic E-state index is 0.0894. The van der Waals surface area contributed by atoms with Crippen molar-refractivity contribution in [2.24, 2.45) is 0 Å². The van der Waals surface area contributed by atoms with Crippen LogP contribution in [0.3, 0.4) is 0 Å². The third-order valence-electron chi connectivity index (χ3n) is 4.76. The standard InChI is InChI=1S/C24H24N2O6/c1-4-32-24(29)21-20(23(28)31-3)17(22(27)30-2)15-26(21)19-13-9-8-12-18(19)25-14-16-10-6-5-7-11-16/h5-13,15,25H,4,14H2,1-3H3. The number of nitrogens with zero attached hydrogens (tertiary/aromatic N) is 1. The van der Waals surface area contributed by atoms with E-state index in [-0.39, 0.29) is 23.4 Å². The fraction of sp³-hybridized carbons (Fsp3) is 0.208. The molecule has 0 fully saturated rings. The molecule has 0 aliphatic rings. The summed E-state index contributed by atoms with van der Waals surface area (Å²) in [6.07, 6.45) is 1.38. The van der Waals surface area contributed by atoms with Gasteiger partial charge in [-0.05, 0) is 24.6 Å². The number of anilines is 1. The lowest BCUT2D eigenvalue weighted by atomic mass is 10.1. The smallest absolute Gasteiger partial charge is 0.356 e. The van der Waals surface area contributed by atoms with Gasteiger partial charge in [0.25, 0.3) is 0 Å². The zero-order valence-electron chi connectivity index (χ0n) is 18.1. The van der Waals surface area contributed by atoms with Crippen LogP contribution in [-0.2, 0) is 20.8 Å². The minimum Gasteiger partial charge on any atom is -0.465 e. The van der Waals surface area contributed by atoms with Crippen molar-refractivity contribution in [3.8, 4) is 5.69 Å². The van der Waals surface area contributed by atoms with E-state index in [1.54, 1.807) is 19.1 Å². The summed E-state index contributed by atoms with van der Waals surface area (Å²) in [7, 11) is 2.37. The molecule has 0 aliphatic carbocycles. The van der Waals surface area contributed by atoms with E-state index >= 15 is 0 Å². The van der Waals surface area contributed by atoms with Crippen LogP contribution in [-0.4, -0.2) is 43.3 Å². The van der Waals surface area contributed by atoms with E-state index in [1.165, 1.54) is 25.0 Å². The van der Waals surface area contributed by atoms with E-state index in [0.717, 1.165) is 5.56 Å². The summed E-state index contributed by atoms with van der Waals surface area (Å²) in [5.41, 5.74) is 1.87.